The molecule has 0 bridgehead atoms. The number of hydrogen-bond acceptors (Lipinski definition) is 6. The van der Waals surface area contributed by atoms with E-state index in [1.54, 1.807) is 37.6 Å². The van der Waals surface area contributed by atoms with Gasteiger partial charge in [-0.1, -0.05) is 30.3 Å². The summed E-state index contributed by atoms with van der Waals surface area (Å²) in [6, 6.07) is 18.4. The molecule has 0 aliphatic rings. The summed E-state index contributed by atoms with van der Waals surface area (Å²) in [6.07, 6.45) is 1.57. The summed E-state index contributed by atoms with van der Waals surface area (Å²) in [5, 5.41) is 5.90. The van der Waals surface area contributed by atoms with Crippen molar-refractivity contribution in [3.8, 4) is 23.1 Å². The molecule has 35 heavy (non-hydrogen) atoms. The number of rotatable bonds is 6. The van der Waals surface area contributed by atoms with Crippen LogP contribution < -0.4 is 15.0 Å². The molecule has 0 N–H and O–H groups in total. The SMILES string of the molecule is CCOc1cc(C=Nn2c(-c3cc4ccccc4o3)nc3ccccc3c2=O)c(Br)c(Br)c1OC. The van der Waals surface area contributed by atoms with Crippen molar-refractivity contribution < 1.29 is 13.9 Å². The third-order valence-corrected chi connectivity index (χ3v) is 7.51. The van der Waals surface area contributed by atoms with Crippen LogP contribution in [0, 0.1) is 0 Å². The van der Waals surface area contributed by atoms with E-state index in [0.717, 1.165) is 5.39 Å². The van der Waals surface area contributed by atoms with Crippen LogP contribution in [0.4, 0.5) is 0 Å². The summed E-state index contributed by atoms with van der Waals surface area (Å²) < 4.78 is 19.9. The monoisotopic (exact) mass is 595 g/mol. The standard InChI is InChI=1S/C26H19Br2N3O4/c1-3-34-20-13-16(22(27)23(28)24(20)33-2)14-29-31-25(21-12-15-8-4-7-11-19(15)35-21)30-18-10-6-5-9-17(18)26(31)32/h4-14H,3H2,1-2H3. The van der Waals surface area contributed by atoms with Gasteiger partial charge in [0.15, 0.2) is 17.3 Å². The summed E-state index contributed by atoms with van der Waals surface area (Å²) in [4.78, 5) is 18.2. The Balaban J connectivity index is 1.71. The molecule has 0 saturated carbocycles. The molecule has 2 heterocycles. The lowest BCUT2D eigenvalue weighted by atomic mass is 10.2. The Kier molecular flexibility index (Phi) is 6.44. The van der Waals surface area contributed by atoms with Gasteiger partial charge in [0, 0.05) is 15.4 Å². The van der Waals surface area contributed by atoms with E-state index in [1.807, 2.05) is 43.3 Å². The summed E-state index contributed by atoms with van der Waals surface area (Å²) in [5.41, 5.74) is 1.63. The second kappa shape index (κ2) is 9.67. The molecule has 0 spiro atoms. The number of fused-ring (bicyclic) bond motifs is 2. The van der Waals surface area contributed by atoms with Gasteiger partial charge in [-0.2, -0.15) is 9.78 Å². The zero-order valence-electron chi connectivity index (χ0n) is 18.8. The van der Waals surface area contributed by atoms with Crippen molar-refractivity contribution in [3.63, 3.8) is 0 Å². The zero-order valence-corrected chi connectivity index (χ0v) is 22.0. The molecule has 0 aliphatic heterocycles. The number of nitrogens with zero attached hydrogens (tertiary/aromatic N) is 3. The highest BCUT2D eigenvalue weighted by Crippen LogP contribution is 2.42. The molecular weight excluding hydrogens is 578 g/mol. The second-order valence-electron chi connectivity index (χ2n) is 7.52. The quantitative estimate of drug-likeness (QED) is 0.206. The molecule has 0 saturated heterocycles. The van der Waals surface area contributed by atoms with E-state index >= 15 is 0 Å². The summed E-state index contributed by atoms with van der Waals surface area (Å²) in [5.74, 6) is 1.85. The highest BCUT2D eigenvalue weighted by Gasteiger charge is 2.18. The molecule has 0 radical (unpaired) electrons. The van der Waals surface area contributed by atoms with Crippen LogP contribution >= 0.6 is 31.9 Å². The highest BCUT2D eigenvalue weighted by atomic mass is 79.9. The number of para-hydroxylation sites is 2. The Bertz CT molecular complexity index is 1620. The molecule has 5 rings (SSSR count). The predicted molar refractivity (Wildman–Crippen MR) is 144 cm³/mol. The largest absolute Gasteiger partial charge is 0.492 e. The van der Waals surface area contributed by atoms with Gasteiger partial charge < -0.3 is 13.9 Å². The Morgan fingerprint density at radius 2 is 1.86 bits per heavy atom. The predicted octanol–water partition coefficient (Wildman–Crippen LogP) is 6.62. The van der Waals surface area contributed by atoms with E-state index in [9.17, 15) is 4.79 Å². The number of benzene rings is 3. The van der Waals surface area contributed by atoms with Gasteiger partial charge in [0.25, 0.3) is 5.56 Å². The Morgan fingerprint density at radius 3 is 2.63 bits per heavy atom. The Hall–Kier alpha value is -3.43. The normalized spacial score (nSPS) is 11.5. The number of halogens is 2. The lowest BCUT2D eigenvalue weighted by Crippen LogP contribution is -2.20. The first-order chi connectivity index (χ1) is 17.0. The second-order valence-corrected chi connectivity index (χ2v) is 9.11. The molecule has 0 atom stereocenters. The van der Waals surface area contributed by atoms with E-state index < -0.39 is 0 Å². The minimum atomic E-state index is -0.309. The van der Waals surface area contributed by atoms with Gasteiger partial charge in [-0.15, -0.1) is 0 Å². The molecule has 0 fully saturated rings. The maximum Gasteiger partial charge on any atom is 0.282 e. The third kappa shape index (κ3) is 4.26. The van der Waals surface area contributed by atoms with Crippen LogP contribution in [0.2, 0.25) is 0 Å². The lowest BCUT2D eigenvalue weighted by Gasteiger charge is -2.14. The molecule has 0 amide bonds. The van der Waals surface area contributed by atoms with E-state index in [0.29, 0.717) is 60.7 Å². The Morgan fingerprint density at radius 1 is 1.09 bits per heavy atom. The van der Waals surface area contributed by atoms with Crippen molar-refractivity contribution in [1.29, 1.82) is 0 Å². The van der Waals surface area contributed by atoms with Crippen molar-refractivity contribution in [2.45, 2.75) is 6.92 Å². The zero-order chi connectivity index (χ0) is 24.5. The summed E-state index contributed by atoms with van der Waals surface area (Å²) in [7, 11) is 1.57. The molecule has 2 aromatic heterocycles. The van der Waals surface area contributed by atoms with Crippen molar-refractivity contribution in [3.05, 3.63) is 85.5 Å². The van der Waals surface area contributed by atoms with Gasteiger partial charge in [0.2, 0.25) is 5.82 Å². The number of ether oxygens (including phenoxy) is 2. The highest BCUT2D eigenvalue weighted by molar-refractivity contribution is 9.13. The van der Waals surface area contributed by atoms with Crippen LogP contribution in [-0.4, -0.2) is 29.6 Å². The molecule has 0 aliphatic carbocycles. The third-order valence-electron chi connectivity index (χ3n) is 5.37. The number of methoxy groups -OCH3 is 1. The van der Waals surface area contributed by atoms with Gasteiger partial charge in [-0.05, 0) is 69.1 Å². The maximum atomic E-state index is 13.5. The minimum absolute atomic E-state index is 0.301. The van der Waals surface area contributed by atoms with Gasteiger partial charge in [-0.25, -0.2) is 4.98 Å². The molecule has 5 aromatic rings. The van der Waals surface area contributed by atoms with Crippen LogP contribution in [0.5, 0.6) is 11.5 Å². The number of hydrogen-bond donors (Lipinski definition) is 0. The van der Waals surface area contributed by atoms with Crippen molar-refractivity contribution in [2.75, 3.05) is 13.7 Å². The first kappa shape index (κ1) is 23.3. The van der Waals surface area contributed by atoms with E-state index in [2.05, 4.69) is 37.0 Å². The fourth-order valence-electron chi connectivity index (χ4n) is 3.75. The molecule has 176 valence electrons. The molecular formula is C26H19Br2N3O4. The maximum absolute atomic E-state index is 13.5. The first-order valence-corrected chi connectivity index (χ1v) is 12.3. The van der Waals surface area contributed by atoms with E-state index in [-0.39, 0.29) is 5.56 Å². The fraction of sp³-hybridized carbons (Fsp3) is 0.115. The summed E-state index contributed by atoms with van der Waals surface area (Å²) in [6.45, 7) is 2.36. The van der Waals surface area contributed by atoms with Crippen molar-refractivity contribution >= 4 is 59.9 Å². The van der Waals surface area contributed by atoms with Crippen LogP contribution in [0.15, 0.2) is 83.9 Å². The molecule has 7 nitrogen and oxygen atoms in total. The fourth-order valence-corrected chi connectivity index (χ4v) is 4.74. The van der Waals surface area contributed by atoms with Crippen molar-refractivity contribution in [2.24, 2.45) is 5.10 Å². The van der Waals surface area contributed by atoms with Crippen LogP contribution in [0.25, 0.3) is 33.5 Å². The molecule has 9 heteroatoms. The van der Waals surface area contributed by atoms with Crippen LogP contribution in [0.1, 0.15) is 12.5 Å². The van der Waals surface area contributed by atoms with Gasteiger partial charge >= 0.3 is 0 Å². The van der Waals surface area contributed by atoms with Gasteiger partial charge in [0.05, 0.1) is 35.3 Å². The topological polar surface area (TPSA) is 78.9 Å². The average molecular weight is 597 g/mol. The lowest BCUT2D eigenvalue weighted by molar-refractivity contribution is 0.309. The summed E-state index contributed by atoms with van der Waals surface area (Å²) >= 11 is 7.13. The average Bonchev–Trinajstić information content (AvgIpc) is 3.31. The van der Waals surface area contributed by atoms with E-state index in [4.69, 9.17) is 18.9 Å². The molecule has 0 unspecified atom stereocenters. The van der Waals surface area contributed by atoms with Gasteiger partial charge in [0.1, 0.15) is 5.58 Å². The number of aromatic nitrogens is 2. The van der Waals surface area contributed by atoms with Crippen LogP contribution in [-0.2, 0) is 0 Å². The molecule has 3 aromatic carbocycles. The van der Waals surface area contributed by atoms with Crippen molar-refractivity contribution in [1.82, 2.24) is 9.66 Å². The number of furan rings is 1. The first-order valence-electron chi connectivity index (χ1n) is 10.8. The Labute approximate surface area is 217 Å². The van der Waals surface area contributed by atoms with E-state index in [1.165, 1.54) is 4.68 Å². The minimum Gasteiger partial charge on any atom is -0.492 e. The van der Waals surface area contributed by atoms with Gasteiger partial charge in [-0.3, -0.25) is 4.79 Å². The smallest absolute Gasteiger partial charge is 0.282 e. The van der Waals surface area contributed by atoms with Crippen LogP contribution in [0.3, 0.4) is 0 Å².